The van der Waals surface area contributed by atoms with Gasteiger partial charge in [0, 0.05) is 66.1 Å². The van der Waals surface area contributed by atoms with Gasteiger partial charge in [-0.1, -0.05) is 18.2 Å². The van der Waals surface area contributed by atoms with Gasteiger partial charge in [-0.3, -0.25) is 4.79 Å². The number of anilines is 1. The second-order valence-electron chi connectivity index (χ2n) is 8.57. The molecule has 0 aliphatic carbocycles. The summed E-state index contributed by atoms with van der Waals surface area (Å²) in [6.45, 7) is 7.32. The zero-order valence-electron chi connectivity index (χ0n) is 18.8. The Balaban J connectivity index is 1.64. The highest BCUT2D eigenvalue weighted by Crippen LogP contribution is 2.50. The number of halogens is 4. The fourth-order valence-corrected chi connectivity index (χ4v) is 6.46. The first kappa shape index (κ1) is 24.0. The molecule has 3 aliphatic rings. The number of amidine groups is 1. The van der Waals surface area contributed by atoms with E-state index >= 15 is 0 Å². The van der Waals surface area contributed by atoms with Gasteiger partial charge < -0.3 is 19.8 Å². The first-order valence-electron chi connectivity index (χ1n) is 11.1. The molecule has 1 amide bonds. The van der Waals surface area contributed by atoms with Gasteiger partial charge in [0.15, 0.2) is 0 Å². The Bertz CT molecular complexity index is 1250. The number of hydrogen-bond acceptors (Lipinski definition) is 6. The van der Waals surface area contributed by atoms with Crippen molar-refractivity contribution >= 4 is 40.8 Å². The van der Waals surface area contributed by atoms with E-state index in [2.05, 4.69) is 11.6 Å². The number of carbonyl (C=O) groups is 1. The minimum Gasteiger partial charge on any atom is -0.355 e. The number of benzene rings is 2. The molecule has 6 nitrogen and oxygen atoms in total. The molecule has 11 heteroatoms. The van der Waals surface area contributed by atoms with Gasteiger partial charge in [-0.15, -0.1) is 11.8 Å². The van der Waals surface area contributed by atoms with Gasteiger partial charge in [-0.2, -0.15) is 0 Å². The van der Waals surface area contributed by atoms with E-state index in [1.54, 1.807) is 15.9 Å². The molecule has 1 saturated heterocycles. The van der Waals surface area contributed by atoms with E-state index in [-0.39, 0.29) is 22.5 Å². The lowest BCUT2D eigenvalue weighted by molar-refractivity contribution is -0.128. The Kier molecular flexibility index (Phi) is 6.23. The zero-order chi connectivity index (χ0) is 25.0. The van der Waals surface area contributed by atoms with Crippen molar-refractivity contribution in [2.75, 3.05) is 36.8 Å². The van der Waals surface area contributed by atoms with Crippen LogP contribution in [0.5, 0.6) is 0 Å². The van der Waals surface area contributed by atoms with Crippen LogP contribution in [0.3, 0.4) is 0 Å². The van der Waals surface area contributed by atoms with Gasteiger partial charge in [-0.05, 0) is 19.1 Å². The SMILES string of the molecule is C=CC(=O)N1CCN(C2=NC(O)N3CCSc4c(-c5c(F)cc(F)cc5F)c(Cl)cc2c43)[C@@H](C)C1. The van der Waals surface area contributed by atoms with Crippen molar-refractivity contribution in [3.05, 3.63) is 58.9 Å². The van der Waals surface area contributed by atoms with Crippen molar-refractivity contribution in [3.63, 3.8) is 0 Å². The van der Waals surface area contributed by atoms with Crippen molar-refractivity contribution < 1.29 is 23.1 Å². The van der Waals surface area contributed by atoms with E-state index in [1.165, 1.54) is 17.8 Å². The van der Waals surface area contributed by atoms with Crippen molar-refractivity contribution in [2.24, 2.45) is 4.99 Å². The summed E-state index contributed by atoms with van der Waals surface area (Å²) in [4.78, 5) is 22.5. The van der Waals surface area contributed by atoms with Crippen molar-refractivity contribution in [2.45, 2.75) is 24.2 Å². The van der Waals surface area contributed by atoms with Crippen LogP contribution in [0.15, 0.2) is 40.7 Å². The van der Waals surface area contributed by atoms with Crippen molar-refractivity contribution in [1.82, 2.24) is 9.80 Å². The third kappa shape index (κ3) is 3.97. The predicted octanol–water partition coefficient (Wildman–Crippen LogP) is 4.09. The Morgan fingerprint density at radius 2 is 1.89 bits per heavy atom. The van der Waals surface area contributed by atoms with Crippen molar-refractivity contribution in [3.8, 4) is 11.1 Å². The van der Waals surface area contributed by atoms with E-state index in [1.807, 2.05) is 11.8 Å². The zero-order valence-corrected chi connectivity index (χ0v) is 20.3. The molecular formula is C24H22ClF3N4O2S. The van der Waals surface area contributed by atoms with E-state index in [0.717, 1.165) is 0 Å². The maximum Gasteiger partial charge on any atom is 0.246 e. The summed E-state index contributed by atoms with van der Waals surface area (Å²) in [5.41, 5.74) is 0.924. The topological polar surface area (TPSA) is 59.4 Å². The molecular weight excluding hydrogens is 501 g/mol. The number of piperazine rings is 1. The molecule has 184 valence electrons. The monoisotopic (exact) mass is 522 g/mol. The minimum atomic E-state index is -1.20. The summed E-state index contributed by atoms with van der Waals surface area (Å²) < 4.78 is 43.2. The van der Waals surface area contributed by atoms with Gasteiger partial charge in [-0.25, -0.2) is 18.2 Å². The fourth-order valence-electron chi connectivity index (χ4n) is 4.89. The van der Waals surface area contributed by atoms with Crippen LogP contribution in [-0.2, 0) is 4.79 Å². The third-order valence-corrected chi connectivity index (χ3v) is 7.84. The Morgan fingerprint density at radius 1 is 1.17 bits per heavy atom. The average molecular weight is 523 g/mol. The number of aliphatic hydroxyl groups excluding tert-OH is 1. The number of nitrogens with zero attached hydrogens (tertiary/aromatic N) is 4. The van der Waals surface area contributed by atoms with Gasteiger partial charge >= 0.3 is 0 Å². The number of carbonyl (C=O) groups excluding carboxylic acids is 1. The highest BCUT2D eigenvalue weighted by Gasteiger charge is 2.39. The normalized spacial score (nSPS) is 21.5. The highest BCUT2D eigenvalue weighted by atomic mass is 35.5. The van der Waals surface area contributed by atoms with Crippen LogP contribution in [-0.4, -0.2) is 71.0 Å². The second kappa shape index (κ2) is 9.07. The maximum absolute atomic E-state index is 14.8. The fraction of sp³-hybridized carbons (Fsp3) is 0.333. The Hall–Kier alpha value is -2.69. The van der Waals surface area contributed by atoms with Crippen LogP contribution in [0.1, 0.15) is 12.5 Å². The molecule has 3 heterocycles. The number of amides is 1. The first-order chi connectivity index (χ1) is 16.7. The molecule has 1 fully saturated rings. The van der Waals surface area contributed by atoms with Crippen LogP contribution >= 0.6 is 23.4 Å². The highest BCUT2D eigenvalue weighted by molar-refractivity contribution is 7.99. The van der Waals surface area contributed by atoms with Crippen LogP contribution < -0.4 is 4.90 Å². The molecule has 0 saturated carbocycles. The smallest absolute Gasteiger partial charge is 0.246 e. The third-order valence-electron chi connectivity index (χ3n) is 6.47. The molecule has 35 heavy (non-hydrogen) atoms. The van der Waals surface area contributed by atoms with Gasteiger partial charge in [0.25, 0.3) is 0 Å². The van der Waals surface area contributed by atoms with E-state index in [4.69, 9.17) is 11.6 Å². The summed E-state index contributed by atoms with van der Waals surface area (Å²) >= 11 is 8.01. The van der Waals surface area contributed by atoms with E-state index in [0.29, 0.717) is 66.0 Å². The van der Waals surface area contributed by atoms with Crippen LogP contribution in [0, 0.1) is 17.5 Å². The lowest BCUT2D eigenvalue weighted by Gasteiger charge is -2.45. The lowest BCUT2D eigenvalue weighted by Crippen LogP contribution is -2.57. The molecule has 2 aromatic carbocycles. The van der Waals surface area contributed by atoms with Crippen LogP contribution in [0.25, 0.3) is 11.1 Å². The molecule has 0 radical (unpaired) electrons. The largest absolute Gasteiger partial charge is 0.355 e. The summed E-state index contributed by atoms with van der Waals surface area (Å²) in [6.07, 6.45) is 0.0798. The second-order valence-corrected chi connectivity index (χ2v) is 10.1. The summed E-state index contributed by atoms with van der Waals surface area (Å²) in [6, 6.07) is 2.72. The number of rotatable bonds is 2. The summed E-state index contributed by atoms with van der Waals surface area (Å²) in [5, 5.41) is 11.0. The van der Waals surface area contributed by atoms with E-state index in [9.17, 15) is 23.1 Å². The Labute approximate surface area is 209 Å². The molecule has 2 atom stereocenters. The van der Waals surface area contributed by atoms with Crippen LogP contribution in [0.2, 0.25) is 5.02 Å². The summed E-state index contributed by atoms with van der Waals surface area (Å²) in [5.74, 6) is -2.25. The predicted molar refractivity (Wildman–Crippen MR) is 130 cm³/mol. The minimum absolute atomic E-state index is 0.0923. The number of aliphatic hydroxyl groups is 1. The average Bonchev–Trinajstić information content (AvgIpc) is 2.81. The molecule has 3 aliphatic heterocycles. The van der Waals surface area contributed by atoms with Gasteiger partial charge in [0.1, 0.15) is 23.3 Å². The Morgan fingerprint density at radius 3 is 2.54 bits per heavy atom. The van der Waals surface area contributed by atoms with Gasteiger partial charge in [0.05, 0.1) is 16.3 Å². The number of thioether (sulfide) groups is 1. The molecule has 0 aromatic heterocycles. The molecule has 1 N–H and O–H groups in total. The van der Waals surface area contributed by atoms with Gasteiger partial charge in [0.2, 0.25) is 12.3 Å². The number of aliphatic imine (C=N–C) groups is 1. The van der Waals surface area contributed by atoms with Crippen molar-refractivity contribution in [1.29, 1.82) is 0 Å². The number of hydrogen-bond donors (Lipinski definition) is 1. The standard InChI is InChI=1S/C24H22ClF3N4O2S/c1-3-18(33)30-4-5-31(12(2)11-30)23-14-10-15(25)19(20-16(27)8-13(26)9-17(20)28)22-21(14)32(6-7-35-22)24(34)29-23/h3,8-10,12,24,34H,1,4-7,11H2,2H3/t12-,24?/m0/s1. The quantitative estimate of drug-likeness (QED) is 0.602. The summed E-state index contributed by atoms with van der Waals surface area (Å²) in [7, 11) is 0. The molecule has 5 rings (SSSR count). The molecule has 0 spiro atoms. The molecule has 1 unspecified atom stereocenters. The lowest BCUT2D eigenvalue weighted by atomic mass is 9.97. The van der Waals surface area contributed by atoms with Crippen LogP contribution in [0.4, 0.5) is 18.9 Å². The van der Waals surface area contributed by atoms with E-state index < -0.39 is 29.4 Å². The first-order valence-corrected chi connectivity index (χ1v) is 12.4. The molecule has 0 bridgehead atoms. The maximum atomic E-state index is 14.8. The molecule has 2 aromatic rings.